The van der Waals surface area contributed by atoms with Gasteiger partial charge in [-0.25, -0.2) is 0 Å². The molecule has 0 aliphatic heterocycles. The molecule has 2 N–H and O–H groups in total. The van der Waals surface area contributed by atoms with Crippen molar-refractivity contribution >= 4 is 0 Å². The summed E-state index contributed by atoms with van der Waals surface area (Å²) in [5.41, 5.74) is 4.21. The van der Waals surface area contributed by atoms with E-state index in [2.05, 4.69) is 56.5 Å². The Balaban J connectivity index is 2.57. The average molecular weight is 220 g/mol. The Bertz CT molecular complexity index is 343. The lowest BCUT2D eigenvalue weighted by atomic mass is 10.0. The summed E-state index contributed by atoms with van der Waals surface area (Å²) in [5, 5.41) is 6.76. The van der Waals surface area contributed by atoms with E-state index in [1.165, 1.54) is 16.7 Å². The molecule has 0 heterocycles. The summed E-state index contributed by atoms with van der Waals surface area (Å²) in [6, 6.07) is 6.65. The van der Waals surface area contributed by atoms with Gasteiger partial charge in [0.2, 0.25) is 0 Å². The lowest BCUT2D eigenvalue weighted by Crippen LogP contribution is -2.46. The molecule has 16 heavy (non-hydrogen) atoms. The van der Waals surface area contributed by atoms with Crippen molar-refractivity contribution in [1.82, 2.24) is 10.6 Å². The van der Waals surface area contributed by atoms with Gasteiger partial charge in [0.1, 0.15) is 0 Å². The van der Waals surface area contributed by atoms with Gasteiger partial charge in [-0.3, -0.25) is 0 Å². The van der Waals surface area contributed by atoms with Crippen molar-refractivity contribution in [2.75, 3.05) is 13.6 Å². The number of benzene rings is 1. The van der Waals surface area contributed by atoms with Crippen LogP contribution in [-0.4, -0.2) is 19.1 Å². The van der Waals surface area contributed by atoms with Crippen LogP contribution < -0.4 is 10.6 Å². The first-order valence-corrected chi connectivity index (χ1v) is 5.90. The van der Waals surface area contributed by atoms with Gasteiger partial charge in [0, 0.05) is 18.6 Å². The number of hydrogen-bond acceptors (Lipinski definition) is 2. The monoisotopic (exact) mass is 220 g/mol. The minimum absolute atomic E-state index is 0.132. The Hall–Kier alpha value is -0.860. The summed E-state index contributed by atoms with van der Waals surface area (Å²) in [4.78, 5) is 0. The first kappa shape index (κ1) is 13.2. The molecule has 0 aromatic heterocycles. The topological polar surface area (TPSA) is 24.1 Å². The SMILES string of the molecule is CNCC(C)(C)NCc1ccc(C)c(C)c1. The molecule has 0 saturated heterocycles. The zero-order valence-corrected chi connectivity index (χ0v) is 11.1. The molecule has 0 atom stereocenters. The summed E-state index contributed by atoms with van der Waals surface area (Å²) in [7, 11) is 1.99. The third kappa shape index (κ3) is 3.95. The molecule has 2 nitrogen and oxygen atoms in total. The minimum atomic E-state index is 0.132. The summed E-state index contributed by atoms with van der Waals surface area (Å²) in [6.45, 7) is 10.6. The van der Waals surface area contributed by atoms with Crippen molar-refractivity contribution in [3.63, 3.8) is 0 Å². The second kappa shape index (κ2) is 5.46. The van der Waals surface area contributed by atoms with Crippen LogP contribution in [0.25, 0.3) is 0 Å². The maximum Gasteiger partial charge on any atom is 0.0252 e. The van der Waals surface area contributed by atoms with Gasteiger partial charge in [-0.2, -0.15) is 0 Å². The van der Waals surface area contributed by atoms with Crippen molar-refractivity contribution in [1.29, 1.82) is 0 Å². The number of likely N-dealkylation sites (N-methyl/N-ethyl adjacent to an activating group) is 1. The smallest absolute Gasteiger partial charge is 0.0252 e. The Labute approximate surface area is 99.5 Å². The van der Waals surface area contributed by atoms with Crippen molar-refractivity contribution < 1.29 is 0 Å². The molecule has 0 amide bonds. The highest BCUT2D eigenvalue weighted by Gasteiger charge is 2.15. The molecule has 0 aliphatic rings. The normalized spacial score (nSPS) is 11.8. The number of rotatable bonds is 5. The highest BCUT2D eigenvalue weighted by molar-refractivity contribution is 5.29. The lowest BCUT2D eigenvalue weighted by Gasteiger charge is -2.26. The van der Waals surface area contributed by atoms with E-state index in [1.807, 2.05) is 7.05 Å². The number of hydrogen-bond donors (Lipinski definition) is 2. The minimum Gasteiger partial charge on any atom is -0.318 e. The van der Waals surface area contributed by atoms with Gasteiger partial charge in [0.15, 0.2) is 0 Å². The quantitative estimate of drug-likeness (QED) is 0.796. The van der Waals surface area contributed by atoms with Gasteiger partial charge in [-0.05, 0) is 51.4 Å². The number of nitrogens with one attached hydrogen (secondary N) is 2. The van der Waals surface area contributed by atoms with Crippen LogP contribution in [0.4, 0.5) is 0 Å². The second-order valence-corrected chi connectivity index (χ2v) is 5.19. The van der Waals surface area contributed by atoms with Crippen molar-refractivity contribution in [3.05, 3.63) is 34.9 Å². The van der Waals surface area contributed by atoms with Crippen molar-refractivity contribution in [3.8, 4) is 0 Å². The van der Waals surface area contributed by atoms with Gasteiger partial charge in [0.05, 0.1) is 0 Å². The predicted molar refractivity (Wildman–Crippen MR) is 70.8 cm³/mol. The van der Waals surface area contributed by atoms with Gasteiger partial charge in [-0.15, -0.1) is 0 Å². The summed E-state index contributed by atoms with van der Waals surface area (Å²) in [6.07, 6.45) is 0. The van der Waals surface area contributed by atoms with Crippen LogP contribution in [0.2, 0.25) is 0 Å². The maximum absolute atomic E-state index is 3.56. The number of aryl methyl sites for hydroxylation is 2. The first-order chi connectivity index (χ1) is 7.44. The Morgan fingerprint density at radius 2 is 1.81 bits per heavy atom. The molecular formula is C14H24N2. The van der Waals surface area contributed by atoms with Crippen molar-refractivity contribution in [2.45, 2.75) is 39.8 Å². The zero-order valence-electron chi connectivity index (χ0n) is 11.1. The average Bonchev–Trinajstić information content (AvgIpc) is 2.20. The molecule has 0 bridgehead atoms. The molecule has 1 rings (SSSR count). The molecule has 2 heteroatoms. The van der Waals surface area contributed by atoms with Gasteiger partial charge < -0.3 is 10.6 Å². The Morgan fingerprint density at radius 1 is 1.12 bits per heavy atom. The van der Waals surface area contributed by atoms with Crippen LogP contribution in [0.5, 0.6) is 0 Å². The van der Waals surface area contributed by atoms with E-state index in [0.29, 0.717) is 0 Å². The third-order valence-corrected chi connectivity index (χ3v) is 2.96. The fourth-order valence-electron chi connectivity index (χ4n) is 1.76. The molecule has 0 spiro atoms. The largest absolute Gasteiger partial charge is 0.318 e. The fourth-order valence-corrected chi connectivity index (χ4v) is 1.76. The zero-order chi connectivity index (χ0) is 12.2. The van der Waals surface area contributed by atoms with Gasteiger partial charge in [0.25, 0.3) is 0 Å². The molecular weight excluding hydrogens is 196 g/mol. The highest BCUT2D eigenvalue weighted by Crippen LogP contribution is 2.11. The van der Waals surface area contributed by atoms with E-state index >= 15 is 0 Å². The molecule has 1 aromatic rings. The first-order valence-electron chi connectivity index (χ1n) is 5.90. The molecule has 0 saturated carbocycles. The molecule has 0 unspecified atom stereocenters. The van der Waals surface area contributed by atoms with Crippen molar-refractivity contribution in [2.24, 2.45) is 0 Å². The second-order valence-electron chi connectivity index (χ2n) is 5.19. The lowest BCUT2D eigenvalue weighted by molar-refractivity contribution is 0.374. The molecule has 0 radical (unpaired) electrons. The Morgan fingerprint density at radius 3 is 2.38 bits per heavy atom. The van der Waals surface area contributed by atoms with Gasteiger partial charge in [-0.1, -0.05) is 18.2 Å². The molecule has 1 aromatic carbocycles. The van der Waals surface area contributed by atoms with Crippen LogP contribution in [0, 0.1) is 13.8 Å². The van der Waals surface area contributed by atoms with Crippen LogP contribution in [0.15, 0.2) is 18.2 Å². The highest BCUT2D eigenvalue weighted by atomic mass is 15.0. The summed E-state index contributed by atoms with van der Waals surface area (Å²) >= 11 is 0. The molecule has 90 valence electrons. The molecule has 0 aliphatic carbocycles. The van der Waals surface area contributed by atoms with E-state index in [1.54, 1.807) is 0 Å². The standard InChI is InChI=1S/C14H24N2/c1-11-6-7-13(8-12(11)2)9-16-14(3,4)10-15-5/h6-8,15-16H,9-10H2,1-5H3. The van der Waals surface area contributed by atoms with E-state index in [9.17, 15) is 0 Å². The van der Waals surface area contributed by atoms with E-state index in [4.69, 9.17) is 0 Å². The fraction of sp³-hybridized carbons (Fsp3) is 0.571. The van der Waals surface area contributed by atoms with Crippen LogP contribution in [0.1, 0.15) is 30.5 Å². The van der Waals surface area contributed by atoms with E-state index < -0.39 is 0 Å². The third-order valence-electron chi connectivity index (χ3n) is 2.96. The maximum atomic E-state index is 3.56. The van der Waals surface area contributed by atoms with Gasteiger partial charge >= 0.3 is 0 Å². The summed E-state index contributed by atoms with van der Waals surface area (Å²) in [5.74, 6) is 0. The summed E-state index contributed by atoms with van der Waals surface area (Å²) < 4.78 is 0. The van der Waals surface area contributed by atoms with E-state index in [0.717, 1.165) is 13.1 Å². The Kier molecular flexibility index (Phi) is 4.51. The van der Waals surface area contributed by atoms with Crippen LogP contribution >= 0.6 is 0 Å². The predicted octanol–water partition coefficient (Wildman–Crippen LogP) is 2.39. The van der Waals surface area contributed by atoms with Crippen LogP contribution in [0.3, 0.4) is 0 Å². The van der Waals surface area contributed by atoms with E-state index in [-0.39, 0.29) is 5.54 Å². The van der Waals surface area contributed by atoms with Crippen LogP contribution in [-0.2, 0) is 6.54 Å². The molecule has 0 fully saturated rings.